The largest absolute Gasteiger partial charge is 0.466 e. The van der Waals surface area contributed by atoms with Gasteiger partial charge in [0.05, 0.1) is 18.1 Å². The van der Waals surface area contributed by atoms with Crippen molar-refractivity contribution in [2.24, 2.45) is 5.92 Å². The van der Waals surface area contributed by atoms with Crippen molar-refractivity contribution in [3.8, 4) is 0 Å². The molecule has 0 spiro atoms. The van der Waals surface area contributed by atoms with Gasteiger partial charge in [0.2, 0.25) is 5.91 Å². The Kier molecular flexibility index (Phi) is 5.79. The Hall–Kier alpha value is -1.10. The van der Waals surface area contributed by atoms with E-state index in [-0.39, 0.29) is 30.0 Å². The maximum absolute atomic E-state index is 12.0. The van der Waals surface area contributed by atoms with Gasteiger partial charge < -0.3 is 14.4 Å². The Morgan fingerprint density at radius 2 is 2.00 bits per heavy atom. The van der Waals surface area contributed by atoms with Gasteiger partial charge in [-0.3, -0.25) is 9.59 Å². The van der Waals surface area contributed by atoms with E-state index >= 15 is 0 Å². The molecule has 1 atom stereocenters. The number of likely N-dealkylation sites (tertiary alicyclic amines) is 1. The molecule has 0 radical (unpaired) electrons. The number of piperidine rings is 1. The zero-order valence-corrected chi connectivity index (χ0v) is 12.4. The fraction of sp³-hybridized carbons (Fsp3) is 0.857. The second kappa shape index (κ2) is 6.89. The van der Waals surface area contributed by atoms with Crippen molar-refractivity contribution in [3.63, 3.8) is 0 Å². The van der Waals surface area contributed by atoms with E-state index in [0.29, 0.717) is 19.7 Å². The number of esters is 1. The first kappa shape index (κ1) is 16.0. The van der Waals surface area contributed by atoms with Gasteiger partial charge >= 0.3 is 5.97 Å². The van der Waals surface area contributed by atoms with E-state index in [1.807, 2.05) is 20.8 Å². The maximum Gasteiger partial charge on any atom is 0.310 e. The van der Waals surface area contributed by atoms with Crippen LogP contribution in [-0.4, -0.2) is 48.7 Å². The second-order valence-electron chi connectivity index (χ2n) is 5.83. The molecule has 0 aromatic carbocycles. The van der Waals surface area contributed by atoms with E-state index in [0.717, 1.165) is 12.8 Å². The molecule has 1 heterocycles. The molecule has 0 saturated carbocycles. The summed E-state index contributed by atoms with van der Waals surface area (Å²) >= 11 is 0. The predicted molar refractivity (Wildman–Crippen MR) is 71.6 cm³/mol. The zero-order valence-electron chi connectivity index (χ0n) is 12.4. The van der Waals surface area contributed by atoms with Gasteiger partial charge in [0.1, 0.15) is 6.61 Å². The molecule has 1 aliphatic heterocycles. The molecule has 1 aliphatic rings. The van der Waals surface area contributed by atoms with Gasteiger partial charge in [0.15, 0.2) is 0 Å². The molecule has 1 saturated heterocycles. The van der Waals surface area contributed by atoms with E-state index in [2.05, 4.69) is 0 Å². The summed E-state index contributed by atoms with van der Waals surface area (Å²) in [5, 5.41) is 0. The van der Waals surface area contributed by atoms with Crippen LogP contribution in [-0.2, 0) is 19.1 Å². The molecule has 0 aromatic rings. The molecule has 1 unspecified atom stereocenters. The third-order valence-electron chi connectivity index (χ3n) is 3.02. The summed E-state index contributed by atoms with van der Waals surface area (Å²) < 4.78 is 10.5. The number of carbonyl (C=O) groups is 2. The SMILES string of the molecule is CCOC(=O)C1CCCN(C(=O)COC(C)(C)C)C1. The molecule has 5 heteroatoms. The predicted octanol–water partition coefficient (Wildman–Crippen LogP) is 1.60. The third kappa shape index (κ3) is 5.59. The summed E-state index contributed by atoms with van der Waals surface area (Å²) in [7, 11) is 0. The van der Waals surface area contributed by atoms with Crippen LogP contribution >= 0.6 is 0 Å². The first-order valence-corrected chi connectivity index (χ1v) is 6.92. The first-order chi connectivity index (χ1) is 8.83. The summed E-state index contributed by atoms with van der Waals surface area (Å²) in [6.45, 7) is 9.14. The highest BCUT2D eigenvalue weighted by atomic mass is 16.5. The van der Waals surface area contributed by atoms with Crippen molar-refractivity contribution < 1.29 is 19.1 Å². The fourth-order valence-corrected chi connectivity index (χ4v) is 2.03. The highest BCUT2D eigenvalue weighted by molar-refractivity contribution is 5.79. The third-order valence-corrected chi connectivity index (χ3v) is 3.02. The molecule has 0 aromatic heterocycles. The van der Waals surface area contributed by atoms with Gasteiger partial charge in [0, 0.05) is 13.1 Å². The average molecular weight is 271 g/mol. The van der Waals surface area contributed by atoms with Crippen LogP contribution in [0.1, 0.15) is 40.5 Å². The summed E-state index contributed by atoms with van der Waals surface area (Å²) in [4.78, 5) is 25.4. The second-order valence-corrected chi connectivity index (χ2v) is 5.83. The lowest BCUT2D eigenvalue weighted by Crippen LogP contribution is -2.45. The van der Waals surface area contributed by atoms with Crippen LogP contribution in [0.15, 0.2) is 0 Å². The van der Waals surface area contributed by atoms with Crippen LogP contribution in [0, 0.1) is 5.92 Å². The van der Waals surface area contributed by atoms with Crippen molar-refractivity contribution in [1.29, 1.82) is 0 Å². The van der Waals surface area contributed by atoms with Gasteiger partial charge in [-0.2, -0.15) is 0 Å². The van der Waals surface area contributed by atoms with Gasteiger partial charge in [0.25, 0.3) is 0 Å². The minimum absolute atomic E-state index is 0.0519. The van der Waals surface area contributed by atoms with E-state index < -0.39 is 0 Å². The zero-order chi connectivity index (χ0) is 14.5. The molecule has 1 amide bonds. The normalized spacial score (nSPS) is 20.2. The lowest BCUT2D eigenvalue weighted by molar-refractivity contribution is -0.153. The number of carbonyl (C=O) groups excluding carboxylic acids is 2. The average Bonchev–Trinajstić information content (AvgIpc) is 2.35. The maximum atomic E-state index is 12.0. The minimum Gasteiger partial charge on any atom is -0.466 e. The first-order valence-electron chi connectivity index (χ1n) is 6.92. The van der Waals surface area contributed by atoms with Crippen molar-refractivity contribution in [2.75, 3.05) is 26.3 Å². The monoisotopic (exact) mass is 271 g/mol. The fourth-order valence-electron chi connectivity index (χ4n) is 2.03. The number of hydrogen-bond donors (Lipinski definition) is 0. The van der Waals surface area contributed by atoms with Gasteiger partial charge in [-0.15, -0.1) is 0 Å². The quantitative estimate of drug-likeness (QED) is 0.729. The molecular formula is C14H25NO4. The molecule has 5 nitrogen and oxygen atoms in total. The molecular weight excluding hydrogens is 246 g/mol. The Morgan fingerprint density at radius 1 is 1.32 bits per heavy atom. The van der Waals surface area contributed by atoms with E-state index in [1.54, 1.807) is 11.8 Å². The van der Waals surface area contributed by atoms with Crippen molar-refractivity contribution in [1.82, 2.24) is 4.90 Å². The smallest absolute Gasteiger partial charge is 0.310 e. The lowest BCUT2D eigenvalue weighted by atomic mass is 9.98. The highest BCUT2D eigenvalue weighted by Gasteiger charge is 2.29. The van der Waals surface area contributed by atoms with Gasteiger partial charge in [-0.1, -0.05) is 0 Å². The summed E-state index contributed by atoms with van der Waals surface area (Å²) in [6, 6.07) is 0. The number of amides is 1. The van der Waals surface area contributed by atoms with Crippen LogP contribution in [0.5, 0.6) is 0 Å². The summed E-state index contributed by atoms with van der Waals surface area (Å²) in [5.41, 5.74) is -0.327. The molecule has 0 N–H and O–H groups in total. The number of rotatable bonds is 4. The minimum atomic E-state index is -0.327. The Morgan fingerprint density at radius 3 is 2.58 bits per heavy atom. The van der Waals surface area contributed by atoms with Crippen molar-refractivity contribution in [3.05, 3.63) is 0 Å². The number of nitrogens with zero attached hydrogens (tertiary/aromatic N) is 1. The Labute approximate surface area is 115 Å². The molecule has 19 heavy (non-hydrogen) atoms. The van der Waals surface area contributed by atoms with Crippen LogP contribution in [0.2, 0.25) is 0 Å². The molecule has 0 aliphatic carbocycles. The lowest BCUT2D eigenvalue weighted by Gasteiger charge is -2.32. The van der Waals surface area contributed by atoms with E-state index in [9.17, 15) is 9.59 Å². The molecule has 0 bridgehead atoms. The van der Waals surface area contributed by atoms with Crippen LogP contribution < -0.4 is 0 Å². The standard InChI is InChI=1S/C14H25NO4/c1-5-18-13(17)11-7-6-8-15(9-11)12(16)10-19-14(2,3)4/h11H,5-10H2,1-4H3. The van der Waals surface area contributed by atoms with Crippen molar-refractivity contribution in [2.45, 2.75) is 46.1 Å². The molecule has 1 rings (SSSR count). The van der Waals surface area contributed by atoms with Crippen molar-refractivity contribution >= 4 is 11.9 Å². The Bertz CT molecular complexity index is 322. The van der Waals surface area contributed by atoms with Gasteiger partial charge in [-0.05, 0) is 40.5 Å². The van der Waals surface area contributed by atoms with Crippen LogP contribution in [0.3, 0.4) is 0 Å². The summed E-state index contributed by atoms with van der Waals surface area (Å²) in [5.74, 6) is -0.437. The topological polar surface area (TPSA) is 55.8 Å². The van der Waals surface area contributed by atoms with Crippen LogP contribution in [0.4, 0.5) is 0 Å². The highest BCUT2D eigenvalue weighted by Crippen LogP contribution is 2.18. The summed E-state index contributed by atoms with van der Waals surface area (Å²) in [6.07, 6.45) is 1.63. The van der Waals surface area contributed by atoms with Gasteiger partial charge in [-0.25, -0.2) is 0 Å². The van der Waals surface area contributed by atoms with Crippen LogP contribution in [0.25, 0.3) is 0 Å². The van der Waals surface area contributed by atoms with E-state index in [1.165, 1.54) is 0 Å². The number of hydrogen-bond acceptors (Lipinski definition) is 4. The molecule has 110 valence electrons. The molecule has 1 fully saturated rings. The van der Waals surface area contributed by atoms with E-state index in [4.69, 9.17) is 9.47 Å². The Balaban J connectivity index is 2.45. The number of ether oxygens (including phenoxy) is 2.